The van der Waals surface area contributed by atoms with E-state index >= 15 is 0 Å². The van der Waals surface area contributed by atoms with Gasteiger partial charge < -0.3 is 5.32 Å². The minimum Gasteiger partial charge on any atom is -0.326 e. The number of carbonyl (C=O) groups excluding carboxylic acids is 3. The fourth-order valence-electron chi connectivity index (χ4n) is 3.88. The van der Waals surface area contributed by atoms with Crippen LogP contribution in [0, 0.1) is 12.7 Å². The quantitative estimate of drug-likeness (QED) is 0.502. The van der Waals surface area contributed by atoms with E-state index in [4.69, 9.17) is 0 Å². The summed E-state index contributed by atoms with van der Waals surface area (Å²) in [6, 6.07) is 12.5. The number of amides is 3. The molecule has 0 unspecified atom stereocenters. The van der Waals surface area contributed by atoms with Gasteiger partial charge in [0.25, 0.3) is 11.8 Å². The molecule has 158 valence electrons. The minimum atomic E-state index is -0.513. The second-order valence-corrected chi connectivity index (χ2v) is 7.37. The Bertz CT molecular complexity index is 1440. The molecule has 32 heavy (non-hydrogen) atoms. The molecule has 8 nitrogen and oxygen atoms in total. The highest BCUT2D eigenvalue weighted by atomic mass is 19.1. The third kappa shape index (κ3) is 2.86. The lowest BCUT2D eigenvalue weighted by molar-refractivity contribution is -0.114. The lowest BCUT2D eigenvalue weighted by Crippen LogP contribution is -2.29. The Morgan fingerprint density at radius 1 is 1.03 bits per heavy atom. The molecular weight excluding hydrogens is 413 g/mol. The zero-order valence-corrected chi connectivity index (χ0v) is 17.1. The smallest absolute Gasteiger partial charge is 0.267 e. The first-order chi connectivity index (χ1) is 15.4. The molecule has 0 saturated heterocycles. The standard InChI is InChI=1S/C23H16FN5O3/c1-12-19-20-16(11-25-21(19)29(27-12)18-6-4-3-5-17(18)24)22(31)28(23(20)32)15-9-7-14(8-10-15)26-13(2)30/h3-11H,1-2H3,(H,26,30). The second-order valence-electron chi connectivity index (χ2n) is 7.37. The number of hydrogen-bond acceptors (Lipinski definition) is 5. The zero-order chi connectivity index (χ0) is 22.6. The van der Waals surface area contributed by atoms with Gasteiger partial charge in [0.05, 0.1) is 27.9 Å². The maximum atomic E-state index is 14.4. The number of nitrogens with zero attached hydrogens (tertiary/aromatic N) is 4. The summed E-state index contributed by atoms with van der Waals surface area (Å²) in [7, 11) is 0. The van der Waals surface area contributed by atoms with Crippen molar-refractivity contribution in [3.63, 3.8) is 0 Å². The van der Waals surface area contributed by atoms with E-state index in [-0.39, 0.29) is 28.4 Å². The van der Waals surface area contributed by atoms with Crippen LogP contribution < -0.4 is 10.2 Å². The summed E-state index contributed by atoms with van der Waals surface area (Å²) in [5.41, 5.74) is 2.18. The monoisotopic (exact) mass is 429 g/mol. The molecular formula is C23H16FN5O3. The lowest BCUT2D eigenvalue weighted by Gasteiger charge is -2.14. The molecule has 0 bridgehead atoms. The molecule has 3 heterocycles. The van der Waals surface area contributed by atoms with Gasteiger partial charge in [-0.2, -0.15) is 5.10 Å². The first-order valence-electron chi connectivity index (χ1n) is 9.76. The molecule has 0 spiro atoms. The summed E-state index contributed by atoms with van der Waals surface area (Å²) in [5, 5.41) is 7.43. The largest absolute Gasteiger partial charge is 0.326 e. The summed E-state index contributed by atoms with van der Waals surface area (Å²) in [6.07, 6.45) is 1.32. The van der Waals surface area contributed by atoms with Gasteiger partial charge in [-0.05, 0) is 43.3 Å². The Morgan fingerprint density at radius 2 is 1.75 bits per heavy atom. The van der Waals surface area contributed by atoms with Gasteiger partial charge in [0.2, 0.25) is 5.91 Å². The van der Waals surface area contributed by atoms with Gasteiger partial charge in [-0.1, -0.05) is 12.1 Å². The van der Waals surface area contributed by atoms with Crippen LogP contribution in [0.4, 0.5) is 15.8 Å². The van der Waals surface area contributed by atoms with Crippen LogP contribution in [-0.2, 0) is 4.79 Å². The van der Waals surface area contributed by atoms with Crippen molar-refractivity contribution in [1.82, 2.24) is 14.8 Å². The highest BCUT2D eigenvalue weighted by Crippen LogP contribution is 2.35. The minimum absolute atomic E-state index is 0.157. The van der Waals surface area contributed by atoms with E-state index in [2.05, 4.69) is 15.4 Å². The van der Waals surface area contributed by atoms with Crippen molar-refractivity contribution in [1.29, 1.82) is 0 Å². The number of aromatic nitrogens is 3. The SMILES string of the molecule is CC(=O)Nc1ccc(N2C(=O)c3cnc4c(c(C)nn4-c4ccccc4F)c3C2=O)cc1. The van der Waals surface area contributed by atoms with E-state index in [9.17, 15) is 18.8 Å². The number of carbonyl (C=O) groups is 3. The summed E-state index contributed by atoms with van der Waals surface area (Å²) >= 11 is 0. The first-order valence-corrected chi connectivity index (χ1v) is 9.76. The van der Waals surface area contributed by atoms with Crippen molar-refractivity contribution in [3.05, 3.63) is 77.4 Å². The van der Waals surface area contributed by atoms with Crippen LogP contribution in [0.5, 0.6) is 0 Å². The maximum absolute atomic E-state index is 14.4. The van der Waals surface area contributed by atoms with E-state index in [1.54, 1.807) is 49.4 Å². The van der Waals surface area contributed by atoms with E-state index in [1.807, 2.05) is 0 Å². The summed E-state index contributed by atoms with van der Waals surface area (Å²) < 4.78 is 15.7. The number of hydrogen-bond donors (Lipinski definition) is 1. The van der Waals surface area contributed by atoms with Crippen molar-refractivity contribution in [3.8, 4) is 5.69 Å². The zero-order valence-electron chi connectivity index (χ0n) is 17.1. The number of halogens is 1. The number of fused-ring (bicyclic) bond motifs is 3. The average molecular weight is 429 g/mol. The summed E-state index contributed by atoms with van der Waals surface area (Å²) in [6.45, 7) is 3.07. The fraction of sp³-hybridized carbons (Fsp3) is 0.0870. The summed E-state index contributed by atoms with van der Waals surface area (Å²) in [4.78, 5) is 43.0. The highest BCUT2D eigenvalue weighted by Gasteiger charge is 2.40. The number of nitrogens with one attached hydrogen (secondary N) is 1. The van der Waals surface area contributed by atoms with E-state index in [0.29, 0.717) is 22.5 Å². The van der Waals surface area contributed by atoms with Gasteiger partial charge in [-0.25, -0.2) is 19.0 Å². The van der Waals surface area contributed by atoms with E-state index in [1.165, 1.54) is 23.9 Å². The molecule has 1 aliphatic rings. The molecule has 2 aromatic carbocycles. The van der Waals surface area contributed by atoms with Crippen LogP contribution in [0.3, 0.4) is 0 Å². The van der Waals surface area contributed by atoms with Crippen molar-refractivity contribution in [2.75, 3.05) is 10.2 Å². The summed E-state index contributed by atoms with van der Waals surface area (Å²) in [5.74, 6) is -1.73. The predicted octanol–water partition coefficient (Wildman–Crippen LogP) is 3.63. The second kappa shape index (κ2) is 7.09. The number of benzene rings is 2. The molecule has 0 atom stereocenters. The van der Waals surface area contributed by atoms with E-state index in [0.717, 1.165) is 4.90 Å². The van der Waals surface area contributed by atoms with Crippen molar-refractivity contribution < 1.29 is 18.8 Å². The predicted molar refractivity (Wildman–Crippen MR) is 115 cm³/mol. The van der Waals surface area contributed by atoms with E-state index < -0.39 is 17.6 Å². The van der Waals surface area contributed by atoms with Gasteiger partial charge in [0.1, 0.15) is 11.5 Å². The van der Waals surface area contributed by atoms with Crippen LogP contribution in [0.2, 0.25) is 0 Å². The number of para-hydroxylation sites is 1. The Balaban J connectivity index is 1.62. The number of anilines is 2. The molecule has 0 aliphatic carbocycles. The molecule has 0 radical (unpaired) electrons. The lowest BCUT2D eigenvalue weighted by atomic mass is 10.1. The van der Waals surface area contributed by atoms with Gasteiger partial charge in [-0.3, -0.25) is 14.4 Å². The third-order valence-corrected chi connectivity index (χ3v) is 5.25. The van der Waals surface area contributed by atoms with Crippen LogP contribution in [0.1, 0.15) is 33.3 Å². The third-order valence-electron chi connectivity index (χ3n) is 5.25. The van der Waals surface area contributed by atoms with Gasteiger partial charge in [0.15, 0.2) is 5.65 Å². The Labute approximate surface area is 181 Å². The van der Waals surface area contributed by atoms with Crippen LogP contribution in [0.25, 0.3) is 16.7 Å². The molecule has 2 aromatic heterocycles. The number of imide groups is 1. The number of pyridine rings is 1. The van der Waals surface area contributed by atoms with Crippen LogP contribution in [0.15, 0.2) is 54.7 Å². The molecule has 1 N–H and O–H groups in total. The molecule has 4 aromatic rings. The first kappa shape index (κ1) is 19.6. The fourth-order valence-corrected chi connectivity index (χ4v) is 3.88. The molecule has 0 saturated carbocycles. The molecule has 5 rings (SSSR count). The Morgan fingerprint density at radius 3 is 2.44 bits per heavy atom. The van der Waals surface area contributed by atoms with Crippen molar-refractivity contribution >= 4 is 40.1 Å². The average Bonchev–Trinajstić information content (AvgIpc) is 3.23. The number of aryl methyl sites for hydroxylation is 1. The van der Waals surface area contributed by atoms with Crippen LogP contribution >= 0.6 is 0 Å². The molecule has 3 amide bonds. The normalized spacial score (nSPS) is 13.0. The topological polar surface area (TPSA) is 97.2 Å². The van der Waals surface area contributed by atoms with Crippen LogP contribution in [-0.4, -0.2) is 32.5 Å². The maximum Gasteiger partial charge on any atom is 0.267 e. The highest BCUT2D eigenvalue weighted by molar-refractivity contribution is 6.37. The molecule has 0 fully saturated rings. The van der Waals surface area contributed by atoms with Crippen molar-refractivity contribution in [2.24, 2.45) is 0 Å². The van der Waals surface area contributed by atoms with Gasteiger partial charge in [0, 0.05) is 18.8 Å². The van der Waals surface area contributed by atoms with Gasteiger partial charge >= 0.3 is 0 Å². The Hall–Kier alpha value is -4.40. The molecule has 9 heteroatoms. The Kier molecular flexibility index (Phi) is 4.33. The number of rotatable bonds is 3. The van der Waals surface area contributed by atoms with Crippen molar-refractivity contribution in [2.45, 2.75) is 13.8 Å². The van der Waals surface area contributed by atoms with Gasteiger partial charge in [-0.15, -0.1) is 0 Å². The molecule has 1 aliphatic heterocycles.